The van der Waals surface area contributed by atoms with Gasteiger partial charge in [-0.1, -0.05) is 0 Å². The molecule has 0 atom stereocenters. The van der Waals surface area contributed by atoms with Gasteiger partial charge in [0.25, 0.3) is 0 Å². The monoisotopic (exact) mass is 1050 g/mol. The van der Waals surface area contributed by atoms with E-state index in [-0.39, 0.29) is 34.8 Å². The van der Waals surface area contributed by atoms with Crippen LogP contribution in [0.5, 0.6) is 23.0 Å². The smallest absolute Gasteiger partial charge is 0.143 e. The van der Waals surface area contributed by atoms with Crippen molar-refractivity contribution in [3.8, 4) is 23.0 Å². The van der Waals surface area contributed by atoms with Gasteiger partial charge in [-0.25, -0.2) is 0 Å². The molecule has 0 fully saturated rings. The summed E-state index contributed by atoms with van der Waals surface area (Å²) in [6.45, 7) is 0. The van der Waals surface area contributed by atoms with Crippen molar-refractivity contribution in [2.24, 2.45) is 0 Å². The highest BCUT2D eigenvalue weighted by atomic mass is 79.9. The van der Waals surface area contributed by atoms with Gasteiger partial charge in [-0.15, -0.1) is 0 Å². The van der Waals surface area contributed by atoms with Crippen molar-refractivity contribution < 1.29 is 20.4 Å². The Balaban J connectivity index is 1.85. The van der Waals surface area contributed by atoms with Crippen LogP contribution in [-0.4, -0.2) is 20.4 Å². The van der Waals surface area contributed by atoms with Crippen molar-refractivity contribution in [2.75, 3.05) is 0 Å². The quantitative estimate of drug-likeness (QED) is 0.149. The van der Waals surface area contributed by atoms with Crippen molar-refractivity contribution in [2.45, 2.75) is 24.7 Å². The van der Waals surface area contributed by atoms with Crippen LogP contribution in [-0.2, 0) is 0 Å². The third-order valence-electron chi connectivity index (χ3n) is 6.51. The van der Waals surface area contributed by atoms with Gasteiger partial charge in [0.1, 0.15) is 23.0 Å². The molecule has 4 rings (SSSR count). The van der Waals surface area contributed by atoms with Crippen LogP contribution in [0.4, 0.5) is 0 Å². The minimum absolute atomic E-state index is 0.117. The molecule has 4 N–H and O–H groups in total. The zero-order chi connectivity index (χ0) is 29.5. The fourth-order valence-electron chi connectivity index (χ4n) is 4.53. The second-order valence-corrected chi connectivity index (χ2v) is 15.8. The maximum absolute atomic E-state index is 10.4. The number of aromatic hydroxyl groups is 4. The van der Waals surface area contributed by atoms with Crippen molar-refractivity contribution in [1.82, 2.24) is 0 Å². The van der Waals surface area contributed by atoms with Gasteiger partial charge >= 0.3 is 0 Å². The highest BCUT2D eigenvalue weighted by Gasteiger charge is 2.25. The predicted octanol–water partition coefficient (Wildman–Crippen LogP) is 12.4. The Hall–Kier alpha value is -0.0800. The van der Waals surface area contributed by atoms with Gasteiger partial charge in [-0.2, -0.15) is 0 Å². The second kappa shape index (κ2) is 13.7. The molecule has 0 bridgehead atoms. The van der Waals surface area contributed by atoms with E-state index >= 15 is 0 Å². The molecule has 40 heavy (non-hydrogen) atoms. The average molecular weight is 1060 g/mol. The molecule has 4 nitrogen and oxygen atoms in total. The third kappa shape index (κ3) is 7.17. The molecular weight excluding hydrogens is 1040 g/mol. The molecule has 210 valence electrons. The zero-order valence-electron chi connectivity index (χ0n) is 20.0. The van der Waals surface area contributed by atoms with Crippen LogP contribution in [0.15, 0.2) is 84.3 Å². The highest BCUT2D eigenvalue weighted by Crippen LogP contribution is 2.46. The summed E-state index contributed by atoms with van der Waals surface area (Å²) in [5.74, 6) is 0.211. The zero-order valence-corrected chi connectivity index (χ0v) is 32.7. The van der Waals surface area contributed by atoms with E-state index in [0.29, 0.717) is 48.6 Å². The summed E-state index contributed by atoms with van der Waals surface area (Å²) in [6.07, 6.45) is 1.34. The first-order valence-electron chi connectivity index (χ1n) is 11.5. The van der Waals surface area contributed by atoms with Crippen LogP contribution < -0.4 is 0 Å². The molecule has 0 aromatic heterocycles. The van der Waals surface area contributed by atoms with Crippen LogP contribution in [0.2, 0.25) is 0 Å². The molecular formula is C28H18Br8O4. The lowest BCUT2D eigenvalue weighted by Gasteiger charge is -2.25. The maximum Gasteiger partial charge on any atom is 0.143 e. The van der Waals surface area contributed by atoms with Gasteiger partial charge in [0.2, 0.25) is 0 Å². The lowest BCUT2D eigenvalue weighted by Crippen LogP contribution is -2.08. The highest BCUT2D eigenvalue weighted by molar-refractivity contribution is 9.12. The Morgan fingerprint density at radius 1 is 0.350 bits per heavy atom. The number of phenols is 4. The van der Waals surface area contributed by atoms with E-state index in [1.807, 2.05) is 48.5 Å². The topological polar surface area (TPSA) is 80.9 Å². The number of hydrogen-bond acceptors (Lipinski definition) is 4. The van der Waals surface area contributed by atoms with Gasteiger partial charge in [-0.05, 0) is 211 Å². The third-order valence-corrected chi connectivity index (χ3v) is 11.3. The lowest BCUT2D eigenvalue weighted by molar-refractivity contribution is 0.465. The largest absolute Gasteiger partial charge is 0.506 e. The number of halogens is 8. The van der Waals surface area contributed by atoms with Crippen LogP contribution in [0.3, 0.4) is 0 Å². The first-order valence-corrected chi connectivity index (χ1v) is 17.8. The first-order chi connectivity index (χ1) is 18.8. The Morgan fingerprint density at radius 3 is 0.650 bits per heavy atom. The van der Waals surface area contributed by atoms with Crippen LogP contribution in [0.25, 0.3) is 0 Å². The van der Waals surface area contributed by atoms with E-state index in [4.69, 9.17) is 0 Å². The van der Waals surface area contributed by atoms with E-state index in [1.165, 1.54) is 0 Å². The van der Waals surface area contributed by atoms with Crippen molar-refractivity contribution in [3.05, 3.63) is 107 Å². The summed E-state index contributed by atoms with van der Waals surface area (Å²) in [5, 5.41) is 41.5. The molecule has 12 heteroatoms. The maximum atomic E-state index is 10.4. The summed E-state index contributed by atoms with van der Waals surface area (Å²) < 4.78 is 4.50. The van der Waals surface area contributed by atoms with Crippen LogP contribution >= 0.6 is 127 Å². The first kappa shape index (κ1) is 32.8. The minimum atomic E-state index is -0.128. The summed E-state index contributed by atoms with van der Waals surface area (Å²) >= 11 is 27.8. The molecule has 4 aromatic rings. The van der Waals surface area contributed by atoms with E-state index in [9.17, 15) is 20.4 Å². The summed E-state index contributed by atoms with van der Waals surface area (Å²) in [6, 6.07) is 15.2. The number of hydrogen-bond donors (Lipinski definition) is 4. The number of rotatable bonds is 7. The summed E-state index contributed by atoms with van der Waals surface area (Å²) in [7, 11) is 0. The molecule has 0 heterocycles. The molecule has 0 aliphatic heterocycles. The van der Waals surface area contributed by atoms with Gasteiger partial charge in [0, 0.05) is 11.8 Å². The van der Waals surface area contributed by atoms with Crippen molar-refractivity contribution in [1.29, 1.82) is 0 Å². The Kier molecular flexibility index (Phi) is 11.2. The standard InChI is InChI=1S/C28H18Br8O4/c29-17-3-11(4-18(30)25(17)37)15(12-5-19(31)26(38)20(32)6-12)1-2-16(13-7-21(33)27(39)22(34)8-13)14-9-23(35)28(40)24(36)10-14/h3-10,15-16,37-40H,1-2H2. The van der Waals surface area contributed by atoms with Crippen LogP contribution in [0.1, 0.15) is 46.9 Å². The van der Waals surface area contributed by atoms with Gasteiger partial charge in [-0.3, -0.25) is 0 Å². The van der Waals surface area contributed by atoms with E-state index in [1.54, 1.807) is 0 Å². The van der Waals surface area contributed by atoms with E-state index < -0.39 is 0 Å². The molecule has 0 radical (unpaired) electrons. The van der Waals surface area contributed by atoms with Gasteiger partial charge in [0.15, 0.2) is 0 Å². The lowest BCUT2D eigenvalue weighted by atomic mass is 9.81. The molecule has 0 saturated heterocycles. The molecule has 4 aromatic carbocycles. The summed E-state index contributed by atoms with van der Waals surface area (Å²) in [4.78, 5) is 0. The van der Waals surface area contributed by atoms with Crippen molar-refractivity contribution in [3.63, 3.8) is 0 Å². The van der Waals surface area contributed by atoms with E-state index in [2.05, 4.69) is 127 Å². The molecule has 0 spiro atoms. The predicted molar refractivity (Wildman–Crippen MR) is 187 cm³/mol. The average Bonchev–Trinajstić information content (AvgIpc) is 2.89. The van der Waals surface area contributed by atoms with Gasteiger partial charge in [0.05, 0.1) is 35.8 Å². The fourth-order valence-corrected chi connectivity index (χ4v) is 9.42. The molecule has 0 unspecified atom stereocenters. The Morgan fingerprint density at radius 2 is 0.500 bits per heavy atom. The second-order valence-electron chi connectivity index (χ2n) is 9.02. The fraction of sp³-hybridized carbons (Fsp3) is 0.143. The Labute approximate surface area is 298 Å². The minimum Gasteiger partial charge on any atom is -0.506 e. The normalized spacial score (nSPS) is 11.6. The van der Waals surface area contributed by atoms with E-state index in [0.717, 1.165) is 22.3 Å². The Bertz CT molecular complexity index is 1280. The van der Waals surface area contributed by atoms with Crippen molar-refractivity contribution >= 4 is 127 Å². The van der Waals surface area contributed by atoms with Crippen LogP contribution in [0, 0.1) is 0 Å². The molecule has 0 aliphatic carbocycles. The molecule has 0 amide bonds. The number of phenolic OH excluding ortho intramolecular Hbond substituents is 4. The SMILES string of the molecule is Oc1c(Br)cc(C(CCC(c2cc(Br)c(O)c(Br)c2)c2cc(Br)c(O)c(Br)c2)c2cc(Br)c(O)c(Br)c2)cc1Br. The molecule has 0 aliphatic rings. The molecule has 0 saturated carbocycles. The van der Waals surface area contributed by atoms with Gasteiger partial charge < -0.3 is 20.4 Å². The number of benzene rings is 4. The summed E-state index contributed by atoms with van der Waals surface area (Å²) in [5.41, 5.74) is 3.84.